The summed E-state index contributed by atoms with van der Waals surface area (Å²) in [5, 5.41) is 12.6. The number of carbonyl (C=O) groups excluding carboxylic acids is 2. The molecule has 0 saturated heterocycles. The van der Waals surface area contributed by atoms with Crippen LogP contribution in [0.5, 0.6) is 5.75 Å². The zero-order valence-corrected chi connectivity index (χ0v) is 17.8. The van der Waals surface area contributed by atoms with Crippen LogP contribution in [0.1, 0.15) is 21.7 Å². The fourth-order valence-electron chi connectivity index (χ4n) is 3.67. The van der Waals surface area contributed by atoms with E-state index in [1.807, 2.05) is 43.3 Å². The van der Waals surface area contributed by atoms with Crippen LogP contribution in [0.25, 0.3) is 11.4 Å². The van der Waals surface area contributed by atoms with Crippen LogP contribution >= 0.6 is 0 Å². The van der Waals surface area contributed by atoms with Gasteiger partial charge in [0.05, 0.1) is 0 Å². The summed E-state index contributed by atoms with van der Waals surface area (Å²) >= 11 is 0. The molecular weight excluding hydrogens is 418 g/mol. The molecule has 1 atom stereocenters. The molecular formula is C25H21N5O3. The second kappa shape index (κ2) is 8.58. The smallest absolute Gasteiger partial charge is 0.265 e. The maximum atomic E-state index is 12.7. The van der Waals surface area contributed by atoms with E-state index in [-0.39, 0.29) is 11.8 Å². The predicted molar refractivity (Wildman–Crippen MR) is 124 cm³/mol. The molecule has 33 heavy (non-hydrogen) atoms. The first-order chi connectivity index (χ1) is 16.0. The largest absolute Gasteiger partial charge is 0.480 e. The Morgan fingerprint density at radius 2 is 1.79 bits per heavy atom. The van der Waals surface area contributed by atoms with Gasteiger partial charge in [-0.15, -0.1) is 0 Å². The Morgan fingerprint density at radius 1 is 0.970 bits per heavy atom. The first-order valence-electron chi connectivity index (χ1n) is 10.5. The Morgan fingerprint density at radius 3 is 2.55 bits per heavy atom. The average molecular weight is 439 g/mol. The first kappa shape index (κ1) is 20.4. The molecule has 3 N–H and O–H groups in total. The van der Waals surface area contributed by atoms with Crippen LogP contribution in [0.3, 0.4) is 0 Å². The number of aromatic amines is 1. The van der Waals surface area contributed by atoms with E-state index in [0.29, 0.717) is 29.2 Å². The van der Waals surface area contributed by atoms with Gasteiger partial charge in [0.1, 0.15) is 11.6 Å². The number of amides is 2. The van der Waals surface area contributed by atoms with Crippen LogP contribution in [-0.4, -0.2) is 33.1 Å². The number of rotatable bonds is 5. The average Bonchev–Trinajstić information content (AvgIpc) is 3.46. The first-order valence-corrected chi connectivity index (χ1v) is 10.5. The molecule has 4 aromatic rings. The van der Waals surface area contributed by atoms with Gasteiger partial charge in [0.25, 0.3) is 11.8 Å². The molecule has 1 aromatic heterocycles. The second-order valence-electron chi connectivity index (χ2n) is 7.76. The molecule has 3 aromatic carbocycles. The lowest BCUT2D eigenvalue weighted by Gasteiger charge is -2.12. The van der Waals surface area contributed by atoms with Crippen LogP contribution in [0.4, 0.5) is 11.4 Å². The number of anilines is 2. The minimum atomic E-state index is -0.591. The number of hydrogen-bond acceptors (Lipinski definition) is 5. The highest BCUT2D eigenvalue weighted by Gasteiger charge is 2.28. The Hall–Kier alpha value is -4.46. The molecule has 164 valence electrons. The number of nitrogens with zero attached hydrogens (tertiary/aromatic N) is 2. The standard InChI is InChI=1S/C25H21N5O3/c1-15-26-23(30-29-15)16-9-11-19(12-10-16)27-24(31)18-6-4-7-20(13-18)28-25(32)22-14-17-5-2-3-8-21(17)33-22/h2-13,22H,14H2,1H3,(H,27,31)(H,28,32)(H,26,29,30). The van der Waals surface area contributed by atoms with Gasteiger partial charge in [0, 0.05) is 28.9 Å². The number of benzene rings is 3. The van der Waals surface area contributed by atoms with Gasteiger partial charge >= 0.3 is 0 Å². The summed E-state index contributed by atoms with van der Waals surface area (Å²) in [4.78, 5) is 29.7. The van der Waals surface area contributed by atoms with Gasteiger partial charge in [-0.1, -0.05) is 24.3 Å². The van der Waals surface area contributed by atoms with Crippen molar-refractivity contribution in [1.29, 1.82) is 0 Å². The molecule has 0 spiro atoms. The van der Waals surface area contributed by atoms with E-state index in [0.717, 1.165) is 22.7 Å². The fourth-order valence-corrected chi connectivity index (χ4v) is 3.67. The fraction of sp³-hybridized carbons (Fsp3) is 0.120. The molecule has 0 bridgehead atoms. The molecule has 0 saturated carbocycles. The third-order valence-electron chi connectivity index (χ3n) is 5.33. The summed E-state index contributed by atoms with van der Waals surface area (Å²) < 4.78 is 5.74. The third-order valence-corrected chi connectivity index (χ3v) is 5.33. The SMILES string of the molecule is Cc1nc(-c2ccc(NC(=O)c3cccc(NC(=O)C4Cc5ccccc5O4)c3)cc2)n[nH]1. The van der Waals surface area contributed by atoms with Crippen LogP contribution in [-0.2, 0) is 11.2 Å². The Kier molecular flexibility index (Phi) is 5.32. The minimum absolute atomic E-state index is 0.249. The van der Waals surface area contributed by atoms with Crippen molar-refractivity contribution in [3.05, 3.63) is 89.7 Å². The Balaban J connectivity index is 1.22. The van der Waals surface area contributed by atoms with E-state index in [2.05, 4.69) is 25.8 Å². The van der Waals surface area contributed by atoms with Gasteiger partial charge in [-0.05, 0) is 61.0 Å². The monoisotopic (exact) mass is 439 g/mol. The zero-order chi connectivity index (χ0) is 22.8. The van der Waals surface area contributed by atoms with E-state index < -0.39 is 6.10 Å². The highest BCUT2D eigenvalue weighted by Crippen LogP contribution is 2.28. The van der Waals surface area contributed by atoms with Gasteiger partial charge in [-0.3, -0.25) is 14.7 Å². The lowest BCUT2D eigenvalue weighted by Crippen LogP contribution is -2.31. The molecule has 1 unspecified atom stereocenters. The van der Waals surface area contributed by atoms with Crippen molar-refractivity contribution in [3.8, 4) is 17.1 Å². The third kappa shape index (κ3) is 4.45. The highest BCUT2D eigenvalue weighted by atomic mass is 16.5. The Labute approximate surface area is 190 Å². The molecule has 1 aliphatic heterocycles. The minimum Gasteiger partial charge on any atom is -0.480 e. The lowest BCUT2D eigenvalue weighted by atomic mass is 10.1. The second-order valence-corrected chi connectivity index (χ2v) is 7.76. The normalized spacial score (nSPS) is 14.3. The number of aryl methyl sites for hydroxylation is 1. The number of para-hydroxylation sites is 1. The van der Waals surface area contributed by atoms with E-state index >= 15 is 0 Å². The summed E-state index contributed by atoms with van der Waals surface area (Å²) in [5.74, 6) is 1.54. The van der Waals surface area contributed by atoms with Crippen molar-refractivity contribution < 1.29 is 14.3 Å². The number of nitrogens with one attached hydrogen (secondary N) is 3. The van der Waals surface area contributed by atoms with Crippen LogP contribution in [0.2, 0.25) is 0 Å². The molecule has 5 rings (SSSR count). The molecule has 8 nitrogen and oxygen atoms in total. The topological polar surface area (TPSA) is 109 Å². The Bertz CT molecular complexity index is 1300. The quantitative estimate of drug-likeness (QED) is 0.436. The summed E-state index contributed by atoms with van der Waals surface area (Å²) in [7, 11) is 0. The predicted octanol–water partition coefficient (Wildman–Crippen LogP) is 3.97. The van der Waals surface area contributed by atoms with Crippen molar-refractivity contribution in [1.82, 2.24) is 15.2 Å². The van der Waals surface area contributed by atoms with Crippen molar-refractivity contribution in [2.75, 3.05) is 10.6 Å². The summed E-state index contributed by atoms with van der Waals surface area (Å²) in [6, 6.07) is 21.7. The van der Waals surface area contributed by atoms with Crippen LogP contribution in [0.15, 0.2) is 72.8 Å². The van der Waals surface area contributed by atoms with Crippen molar-refractivity contribution in [3.63, 3.8) is 0 Å². The number of H-pyrrole nitrogens is 1. The number of carbonyl (C=O) groups is 2. The van der Waals surface area contributed by atoms with Gasteiger partial charge in [-0.2, -0.15) is 5.10 Å². The van der Waals surface area contributed by atoms with Crippen molar-refractivity contribution >= 4 is 23.2 Å². The highest BCUT2D eigenvalue weighted by molar-refractivity contribution is 6.05. The molecule has 1 aliphatic rings. The van der Waals surface area contributed by atoms with Crippen molar-refractivity contribution in [2.45, 2.75) is 19.4 Å². The van der Waals surface area contributed by atoms with Gasteiger partial charge in [-0.25, -0.2) is 4.98 Å². The molecule has 2 amide bonds. The molecule has 2 heterocycles. The maximum Gasteiger partial charge on any atom is 0.265 e. The summed E-state index contributed by atoms with van der Waals surface area (Å²) in [6.45, 7) is 1.83. The molecule has 0 radical (unpaired) electrons. The van der Waals surface area contributed by atoms with Gasteiger partial charge < -0.3 is 15.4 Å². The van der Waals surface area contributed by atoms with Crippen LogP contribution in [0, 0.1) is 6.92 Å². The number of aromatic nitrogens is 3. The van der Waals surface area contributed by atoms with E-state index in [1.54, 1.807) is 36.4 Å². The van der Waals surface area contributed by atoms with Gasteiger partial charge in [0.15, 0.2) is 11.9 Å². The lowest BCUT2D eigenvalue weighted by molar-refractivity contribution is -0.122. The van der Waals surface area contributed by atoms with Gasteiger partial charge in [0.2, 0.25) is 0 Å². The molecule has 0 aliphatic carbocycles. The van der Waals surface area contributed by atoms with E-state index in [1.165, 1.54) is 0 Å². The number of ether oxygens (including phenoxy) is 1. The maximum absolute atomic E-state index is 12.7. The summed E-state index contributed by atoms with van der Waals surface area (Å²) in [5.41, 5.74) is 3.45. The van der Waals surface area contributed by atoms with E-state index in [4.69, 9.17) is 4.74 Å². The van der Waals surface area contributed by atoms with Crippen LogP contribution < -0.4 is 15.4 Å². The zero-order valence-electron chi connectivity index (χ0n) is 17.8. The number of hydrogen-bond donors (Lipinski definition) is 3. The molecule has 8 heteroatoms. The van der Waals surface area contributed by atoms with E-state index in [9.17, 15) is 9.59 Å². The summed E-state index contributed by atoms with van der Waals surface area (Å²) in [6.07, 6.45) is -0.0721. The van der Waals surface area contributed by atoms with Crippen molar-refractivity contribution in [2.24, 2.45) is 0 Å². The number of fused-ring (bicyclic) bond motifs is 1. The molecule has 0 fully saturated rings.